The van der Waals surface area contributed by atoms with Crippen LogP contribution in [0.25, 0.3) is 6.08 Å². The Morgan fingerprint density at radius 3 is 2.62 bits per heavy atom. The van der Waals surface area contributed by atoms with E-state index in [2.05, 4.69) is 9.72 Å². The van der Waals surface area contributed by atoms with E-state index in [9.17, 15) is 23.6 Å². The maximum Gasteiger partial charge on any atom is 0.375 e. The molecule has 0 radical (unpaired) electrons. The number of hydrogen-bond donors (Lipinski definition) is 1. The second kappa shape index (κ2) is 8.66. The molecule has 0 unspecified atom stereocenters. The van der Waals surface area contributed by atoms with Crippen LogP contribution in [0.1, 0.15) is 35.0 Å². The molecule has 6 nitrogen and oxygen atoms in total. The maximum atomic E-state index is 13.2. The zero-order valence-corrected chi connectivity index (χ0v) is 14.0. The molecule has 0 saturated heterocycles. The average Bonchev–Trinajstić information content (AvgIpc) is 3.08. The summed E-state index contributed by atoms with van der Waals surface area (Å²) in [4.78, 5) is 49.3. The Hall–Kier alpha value is -3.35. The Balaban J connectivity index is 2.00. The fraction of sp³-hybridized carbons (Fsp3) is 0.158. The summed E-state index contributed by atoms with van der Waals surface area (Å²) in [6, 6.07) is 6.80. The number of esters is 1. The number of aromatic amines is 1. The molecular formula is C19H16FNO5. The fourth-order valence-corrected chi connectivity index (χ4v) is 2.12. The summed E-state index contributed by atoms with van der Waals surface area (Å²) >= 11 is 0. The normalized spacial score (nSPS) is 10.7. The summed E-state index contributed by atoms with van der Waals surface area (Å²) in [7, 11) is 0. The first-order valence-electron chi connectivity index (χ1n) is 7.80. The highest BCUT2D eigenvalue weighted by Crippen LogP contribution is 2.13. The van der Waals surface area contributed by atoms with Crippen LogP contribution < -0.4 is 0 Å². The lowest BCUT2D eigenvalue weighted by atomic mass is 10.1. The first-order valence-corrected chi connectivity index (χ1v) is 7.80. The lowest BCUT2D eigenvalue weighted by Crippen LogP contribution is -2.19. The summed E-state index contributed by atoms with van der Waals surface area (Å²) in [5.41, 5.74) is 0.947. The second-order valence-electron chi connectivity index (χ2n) is 5.30. The number of carbonyl (C=O) groups is 4. The first kappa shape index (κ1) is 19.0. The lowest BCUT2D eigenvalue weighted by Gasteiger charge is -1.98. The van der Waals surface area contributed by atoms with Gasteiger partial charge in [0, 0.05) is 23.0 Å². The Labute approximate surface area is 148 Å². The van der Waals surface area contributed by atoms with Crippen molar-refractivity contribution >= 4 is 29.4 Å². The van der Waals surface area contributed by atoms with E-state index < -0.39 is 29.8 Å². The summed E-state index contributed by atoms with van der Waals surface area (Å²) in [5, 5.41) is 0. The third kappa shape index (κ3) is 5.07. The van der Waals surface area contributed by atoms with Gasteiger partial charge in [0.1, 0.15) is 5.82 Å². The molecule has 26 heavy (non-hydrogen) atoms. The second-order valence-corrected chi connectivity index (χ2v) is 5.30. The van der Waals surface area contributed by atoms with E-state index in [-0.39, 0.29) is 18.0 Å². The molecular weight excluding hydrogens is 341 g/mol. The molecule has 2 aromatic rings. The standard InChI is InChI=1S/C19H16FNO5/c1-2-26-19(25)17(23)10-16(22)7-6-15-9-13(11-21-15)18(24)12-4-3-5-14(20)8-12/h3-9,11,21H,2,10H2,1H3/b7-6+. The Kier molecular flexibility index (Phi) is 6.32. The lowest BCUT2D eigenvalue weighted by molar-refractivity contribution is -0.154. The molecule has 0 atom stereocenters. The molecule has 1 aromatic carbocycles. The van der Waals surface area contributed by atoms with E-state index >= 15 is 0 Å². The number of hydrogen-bond acceptors (Lipinski definition) is 5. The molecule has 1 heterocycles. The number of rotatable bonds is 8. The fourth-order valence-electron chi connectivity index (χ4n) is 2.12. The van der Waals surface area contributed by atoms with Crippen molar-refractivity contribution in [1.29, 1.82) is 0 Å². The van der Waals surface area contributed by atoms with E-state index in [1.54, 1.807) is 6.92 Å². The molecule has 0 spiro atoms. The van der Waals surface area contributed by atoms with E-state index in [0.29, 0.717) is 11.3 Å². The summed E-state index contributed by atoms with van der Waals surface area (Å²) in [5.74, 6) is -3.42. The minimum absolute atomic E-state index is 0.0548. The van der Waals surface area contributed by atoms with E-state index in [0.717, 1.165) is 12.1 Å². The minimum Gasteiger partial charge on any atom is -0.460 e. The number of allylic oxidation sites excluding steroid dienone is 1. The number of ketones is 3. The summed E-state index contributed by atoms with van der Waals surface area (Å²) in [6.07, 6.45) is 3.34. The van der Waals surface area contributed by atoms with Gasteiger partial charge in [0.2, 0.25) is 5.78 Å². The van der Waals surface area contributed by atoms with Gasteiger partial charge in [-0.15, -0.1) is 0 Å². The number of nitrogens with one attached hydrogen (secondary N) is 1. The van der Waals surface area contributed by atoms with Crippen LogP contribution >= 0.6 is 0 Å². The topological polar surface area (TPSA) is 93.3 Å². The molecule has 0 aliphatic rings. The smallest absolute Gasteiger partial charge is 0.375 e. The van der Waals surface area contributed by atoms with Gasteiger partial charge in [-0.05, 0) is 37.3 Å². The Bertz CT molecular complexity index is 882. The van der Waals surface area contributed by atoms with Crippen molar-refractivity contribution < 1.29 is 28.3 Å². The van der Waals surface area contributed by atoms with Crippen LogP contribution in [0.15, 0.2) is 42.6 Å². The van der Waals surface area contributed by atoms with Gasteiger partial charge in [-0.2, -0.15) is 0 Å². The molecule has 0 bridgehead atoms. The Morgan fingerprint density at radius 1 is 1.15 bits per heavy atom. The number of ether oxygens (including phenoxy) is 1. The van der Waals surface area contributed by atoms with Crippen LogP contribution in [0.5, 0.6) is 0 Å². The molecule has 0 saturated carbocycles. The number of carbonyl (C=O) groups excluding carboxylic acids is 4. The molecule has 134 valence electrons. The van der Waals surface area contributed by atoms with Crippen molar-refractivity contribution in [2.24, 2.45) is 0 Å². The quantitative estimate of drug-likeness (QED) is 0.258. The first-order chi connectivity index (χ1) is 12.4. The zero-order valence-electron chi connectivity index (χ0n) is 14.0. The minimum atomic E-state index is -1.04. The van der Waals surface area contributed by atoms with Crippen molar-refractivity contribution in [1.82, 2.24) is 4.98 Å². The predicted octanol–water partition coefficient (Wildman–Crippen LogP) is 2.49. The molecule has 1 aromatic heterocycles. The van der Waals surface area contributed by atoms with E-state index in [1.165, 1.54) is 36.5 Å². The number of benzene rings is 1. The van der Waals surface area contributed by atoms with E-state index in [1.807, 2.05) is 0 Å². The van der Waals surface area contributed by atoms with Gasteiger partial charge < -0.3 is 9.72 Å². The van der Waals surface area contributed by atoms with Crippen molar-refractivity contribution in [2.45, 2.75) is 13.3 Å². The van der Waals surface area contributed by atoms with Crippen LogP contribution in [-0.4, -0.2) is 34.9 Å². The highest BCUT2D eigenvalue weighted by atomic mass is 19.1. The molecule has 0 aliphatic carbocycles. The highest BCUT2D eigenvalue weighted by molar-refractivity contribution is 6.37. The number of halogens is 1. The molecule has 0 aliphatic heterocycles. The van der Waals surface area contributed by atoms with Gasteiger partial charge in [-0.25, -0.2) is 9.18 Å². The monoisotopic (exact) mass is 357 g/mol. The van der Waals surface area contributed by atoms with Crippen LogP contribution in [0, 0.1) is 5.82 Å². The van der Waals surface area contributed by atoms with Crippen molar-refractivity contribution in [3.05, 3.63) is 65.2 Å². The van der Waals surface area contributed by atoms with Crippen LogP contribution in [-0.2, 0) is 19.1 Å². The van der Waals surface area contributed by atoms with Crippen molar-refractivity contribution in [3.63, 3.8) is 0 Å². The van der Waals surface area contributed by atoms with Crippen molar-refractivity contribution in [3.8, 4) is 0 Å². The molecule has 7 heteroatoms. The molecule has 0 amide bonds. The van der Waals surface area contributed by atoms with Crippen molar-refractivity contribution in [2.75, 3.05) is 6.61 Å². The Morgan fingerprint density at radius 2 is 1.92 bits per heavy atom. The van der Waals surface area contributed by atoms with Crippen LogP contribution in [0.3, 0.4) is 0 Å². The maximum absolute atomic E-state index is 13.2. The van der Waals surface area contributed by atoms with Gasteiger partial charge in [-0.3, -0.25) is 14.4 Å². The molecule has 0 fully saturated rings. The zero-order chi connectivity index (χ0) is 19.1. The van der Waals surface area contributed by atoms with Gasteiger partial charge in [0.15, 0.2) is 11.6 Å². The number of aromatic nitrogens is 1. The third-order valence-corrected chi connectivity index (χ3v) is 3.34. The third-order valence-electron chi connectivity index (χ3n) is 3.34. The van der Waals surface area contributed by atoms with Crippen LogP contribution in [0.2, 0.25) is 0 Å². The molecule has 1 N–H and O–H groups in total. The van der Waals surface area contributed by atoms with Gasteiger partial charge >= 0.3 is 5.97 Å². The molecule has 2 rings (SSSR count). The van der Waals surface area contributed by atoms with Gasteiger partial charge in [0.25, 0.3) is 0 Å². The predicted molar refractivity (Wildman–Crippen MR) is 90.9 cm³/mol. The SMILES string of the molecule is CCOC(=O)C(=O)CC(=O)/C=C/c1cc(C(=O)c2cccc(F)c2)c[nH]1. The number of H-pyrrole nitrogens is 1. The van der Waals surface area contributed by atoms with Crippen LogP contribution in [0.4, 0.5) is 4.39 Å². The average molecular weight is 357 g/mol. The number of Topliss-reactive ketones (excluding diaryl/α,β-unsaturated/α-hetero) is 1. The summed E-state index contributed by atoms with van der Waals surface area (Å²) < 4.78 is 17.7. The van der Waals surface area contributed by atoms with Gasteiger partial charge in [-0.1, -0.05) is 12.1 Å². The largest absolute Gasteiger partial charge is 0.460 e. The highest BCUT2D eigenvalue weighted by Gasteiger charge is 2.17. The van der Waals surface area contributed by atoms with E-state index in [4.69, 9.17) is 0 Å². The summed E-state index contributed by atoms with van der Waals surface area (Å²) in [6.45, 7) is 1.61. The van der Waals surface area contributed by atoms with Gasteiger partial charge in [0.05, 0.1) is 13.0 Å².